The third-order valence-corrected chi connectivity index (χ3v) is 3.13. The van der Waals surface area contributed by atoms with Gasteiger partial charge in [-0.15, -0.1) is 0 Å². The highest BCUT2D eigenvalue weighted by molar-refractivity contribution is 5.93. The third kappa shape index (κ3) is 3.00. The lowest BCUT2D eigenvalue weighted by atomic mass is 10.1. The van der Waals surface area contributed by atoms with Gasteiger partial charge in [-0.3, -0.25) is 14.8 Å². The van der Waals surface area contributed by atoms with Gasteiger partial charge in [-0.25, -0.2) is 4.79 Å². The number of nitrogens with one attached hydrogen (secondary N) is 2. The molecule has 0 atom stereocenters. The highest BCUT2D eigenvalue weighted by Crippen LogP contribution is 2.12. The fraction of sp³-hybridized carbons (Fsp3) is 0.133. The van der Waals surface area contributed by atoms with E-state index in [2.05, 4.69) is 15.3 Å². The fourth-order valence-corrected chi connectivity index (χ4v) is 2.07. The van der Waals surface area contributed by atoms with Crippen LogP contribution in [0.4, 0.5) is 0 Å². The molecule has 0 radical (unpaired) electrons. The number of hydrogen-bond acceptors (Lipinski definition) is 4. The maximum absolute atomic E-state index is 11.8. The molecule has 0 aliphatic carbocycles. The number of rotatable bonds is 4. The highest BCUT2D eigenvalue weighted by Gasteiger charge is 2.05. The van der Waals surface area contributed by atoms with Crippen LogP contribution in [0.15, 0.2) is 51.9 Å². The maximum Gasteiger partial charge on any atom is 0.417 e. The summed E-state index contributed by atoms with van der Waals surface area (Å²) in [6.45, 7) is 0.501. The molecule has 0 spiro atoms. The Labute approximate surface area is 119 Å². The van der Waals surface area contributed by atoms with Crippen molar-refractivity contribution in [2.75, 3.05) is 6.54 Å². The van der Waals surface area contributed by atoms with E-state index >= 15 is 0 Å². The molecule has 2 aromatic heterocycles. The Bertz CT molecular complexity index is 821. The van der Waals surface area contributed by atoms with Crippen molar-refractivity contribution in [3.05, 3.63) is 64.4 Å². The number of amides is 1. The standard InChI is InChI=1S/C15H13N3O3/c19-14(11-4-6-16-7-5-11)17-8-3-10-1-2-12-13(9-10)21-15(20)18-12/h1-2,4-7,9H,3,8H2,(H,17,19)(H,18,20). The number of benzene rings is 1. The number of carbonyl (C=O) groups is 1. The van der Waals surface area contributed by atoms with Gasteiger partial charge >= 0.3 is 5.76 Å². The van der Waals surface area contributed by atoms with Crippen LogP contribution in [-0.4, -0.2) is 22.4 Å². The lowest BCUT2D eigenvalue weighted by Crippen LogP contribution is -2.25. The molecule has 0 fully saturated rings. The van der Waals surface area contributed by atoms with Gasteiger partial charge in [-0.05, 0) is 36.2 Å². The predicted octanol–water partition coefficient (Wildman–Crippen LogP) is 1.49. The Hall–Kier alpha value is -2.89. The van der Waals surface area contributed by atoms with E-state index in [0.717, 1.165) is 5.56 Å². The number of H-pyrrole nitrogens is 1. The molecule has 2 heterocycles. The number of hydrogen-bond donors (Lipinski definition) is 2. The number of pyridine rings is 1. The second-order valence-electron chi connectivity index (χ2n) is 4.59. The summed E-state index contributed by atoms with van der Waals surface area (Å²) in [6, 6.07) is 8.81. The first-order chi connectivity index (χ1) is 10.2. The van der Waals surface area contributed by atoms with E-state index in [1.807, 2.05) is 6.07 Å². The zero-order valence-corrected chi connectivity index (χ0v) is 11.1. The molecule has 0 aliphatic rings. The van der Waals surface area contributed by atoms with Crippen molar-refractivity contribution in [1.82, 2.24) is 15.3 Å². The van der Waals surface area contributed by atoms with Gasteiger partial charge in [-0.1, -0.05) is 6.07 Å². The summed E-state index contributed by atoms with van der Waals surface area (Å²) in [5.41, 5.74) is 2.76. The van der Waals surface area contributed by atoms with Crippen molar-refractivity contribution < 1.29 is 9.21 Å². The van der Waals surface area contributed by atoms with Gasteiger partial charge in [0.05, 0.1) is 5.52 Å². The van der Waals surface area contributed by atoms with Crippen LogP contribution in [0.5, 0.6) is 0 Å². The van der Waals surface area contributed by atoms with Crippen LogP contribution < -0.4 is 11.1 Å². The number of aromatic amines is 1. The van der Waals surface area contributed by atoms with Crippen molar-refractivity contribution in [3.8, 4) is 0 Å². The van der Waals surface area contributed by atoms with Gasteiger partial charge in [0.15, 0.2) is 5.58 Å². The topological polar surface area (TPSA) is 88.0 Å². The second kappa shape index (κ2) is 5.62. The number of fused-ring (bicyclic) bond motifs is 1. The second-order valence-corrected chi connectivity index (χ2v) is 4.59. The molecular formula is C15H13N3O3. The van der Waals surface area contributed by atoms with Gasteiger partial charge in [0.25, 0.3) is 5.91 Å². The van der Waals surface area contributed by atoms with Crippen molar-refractivity contribution in [3.63, 3.8) is 0 Å². The van der Waals surface area contributed by atoms with Crippen molar-refractivity contribution in [2.45, 2.75) is 6.42 Å². The highest BCUT2D eigenvalue weighted by atomic mass is 16.4. The summed E-state index contributed by atoms with van der Waals surface area (Å²) in [5, 5.41) is 2.83. The zero-order valence-electron chi connectivity index (χ0n) is 11.1. The lowest BCUT2D eigenvalue weighted by Gasteiger charge is -2.05. The predicted molar refractivity (Wildman–Crippen MR) is 77.1 cm³/mol. The Kier molecular flexibility index (Phi) is 3.51. The molecule has 106 valence electrons. The molecule has 0 saturated heterocycles. The van der Waals surface area contributed by atoms with Crippen molar-refractivity contribution in [2.24, 2.45) is 0 Å². The number of oxazole rings is 1. The molecule has 3 aromatic rings. The van der Waals surface area contributed by atoms with E-state index < -0.39 is 5.76 Å². The van der Waals surface area contributed by atoms with Crippen molar-refractivity contribution in [1.29, 1.82) is 0 Å². The molecule has 1 aromatic carbocycles. The molecule has 0 unspecified atom stereocenters. The van der Waals surface area contributed by atoms with E-state index in [4.69, 9.17) is 4.42 Å². The van der Waals surface area contributed by atoms with Crippen LogP contribution in [0.25, 0.3) is 11.1 Å². The Morgan fingerprint density at radius 2 is 2.05 bits per heavy atom. The summed E-state index contributed by atoms with van der Waals surface area (Å²) >= 11 is 0. The summed E-state index contributed by atoms with van der Waals surface area (Å²) < 4.78 is 5.00. The fourth-order valence-electron chi connectivity index (χ4n) is 2.07. The first-order valence-electron chi connectivity index (χ1n) is 6.52. The van der Waals surface area contributed by atoms with Gasteiger partial charge < -0.3 is 9.73 Å². The van der Waals surface area contributed by atoms with Crippen LogP contribution in [0.3, 0.4) is 0 Å². The molecular weight excluding hydrogens is 270 g/mol. The van der Waals surface area contributed by atoms with Crippen molar-refractivity contribution >= 4 is 17.0 Å². The Morgan fingerprint density at radius 3 is 2.86 bits per heavy atom. The molecule has 21 heavy (non-hydrogen) atoms. The average Bonchev–Trinajstić information content (AvgIpc) is 2.87. The van der Waals surface area contributed by atoms with Crippen LogP contribution in [0, 0.1) is 0 Å². The summed E-state index contributed by atoms with van der Waals surface area (Å²) in [7, 11) is 0. The molecule has 6 nitrogen and oxygen atoms in total. The van der Waals surface area contributed by atoms with Gasteiger partial charge in [0.2, 0.25) is 0 Å². The molecule has 2 N–H and O–H groups in total. The van der Waals surface area contributed by atoms with E-state index in [1.165, 1.54) is 0 Å². The maximum atomic E-state index is 11.8. The van der Waals surface area contributed by atoms with E-state index in [-0.39, 0.29) is 5.91 Å². The average molecular weight is 283 g/mol. The molecule has 0 aliphatic heterocycles. The van der Waals surface area contributed by atoms with E-state index in [9.17, 15) is 9.59 Å². The smallest absolute Gasteiger partial charge is 0.408 e. The number of carbonyl (C=O) groups excluding carboxylic acids is 1. The quantitative estimate of drug-likeness (QED) is 0.759. The molecule has 3 rings (SSSR count). The molecule has 1 amide bonds. The van der Waals surface area contributed by atoms with Crippen LogP contribution in [0.1, 0.15) is 15.9 Å². The van der Waals surface area contributed by atoms with Crippen LogP contribution in [0.2, 0.25) is 0 Å². The van der Waals surface area contributed by atoms with Gasteiger partial charge in [0, 0.05) is 24.5 Å². The zero-order chi connectivity index (χ0) is 14.7. The third-order valence-electron chi connectivity index (χ3n) is 3.13. The molecule has 6 heteroatoms. The first-order valence-corrected chi connectivity index (χ1v) is 6.52. The van der Waals surface area contributed by atoms with Gasteiger partial charge in [0.1, 0.15) is 0 Å². The monoisotopic (exact) mass is 283 g/mol. The summed E-state index contributed by atoms with van der Waals surface area (Å²) in [6.07, 6.45) is 3.81. The minimum atomic E-state index is -0.465. The first kappa shape index (κ1) is 13.1. The minimum absolute atomic E-state index is 0.133. The van der Waals surface area contributed by atoms with E-state index in [0.29, 0.717) is 29.6 Å². The van der Waals surface area contributed by atoms with Gasteiger partial charge in [-0.2, -0.15) is 0 Å². The minimum Gasteiger partial charge on any atom is -0.408 e. The SMILES string of the molecule is O=C(NCCc1ccc2[nH]c(=O)oc2c1)c1ccncc1. The summed E-state index contributed by atoms with van der Waals surface area (Å²) in [5.74, 6) is -0.597. The van der Waals surface area contributed by atoms with Crippen LogP contribution in [-0.2, 0) is 6.42 Å². The van der Waals surface area contributed by atoms with E-state index in [1.54, 1.807) is 36.7 Å². The van der Waals surface area contributed by atoms with Crippen LogP contribution >= 0.6 is 0 Å². The largest absolute Gasteiger partial charge is 0.417 e. The molecule has 0 saturated carbocycles. The Balaban J connectivity index is 1.61. The number of nitrogens with zero attached hydrogens (tertiary/aromatic N) is 1. The normalized spacial score (nSPS) is 10.7. The summed E-state index contributed by atoms with van der Waals surface area (Å²) in [4.78, 5) is 29.4. The number of aromatic nitrogens is 2. The Morgan fingerprint density at radius 1 is 1.24 bits per heavy atom. The lowest BCUT2D eigenvalue weighted by molar-refractivity contribution is 0.0954. The molecule has 0 bridgehead atoms.